The molecule has 1 aliphatic rings. The molecule has 1 unspecified atom stereocenters. The molecule has 32 heavy (non-hydrogen) atoms. The molecule has 1 atom stereocenters. The summed E-state index contributed by atoms with van der Waals surface area (Å²) in [4.78, 5) is 27.9. The van der Waals surface area contributed by atoms with E-state index >= 15 is 0 Å². The first-order valence-corrected chi connectivity index (χ1v) is 11.0. The van der Waals surface area contributed by atoms with Gasteiger partial charge in [0.2, 0.25) is 0 Å². The van der Waals surface area contributed by atoms with Gasteiger partial charge in [-0.15, -0.1) is 12.4 Å². The maximum absolute atomic E-state index is 12.9. The van der Waals surface area contributed by atoms with Crippen molar-refractivity contribution in [2.24, 2.45) is 5.92 Å². The molecule has 1 N–H and O–H groups in total. The predicted molar refractivity (Wildman–Crippen MR) is 128 cm³/mol. The number of hydrogen-bond acceptors (Lipinski definition) is 5. The number of aryl methyl sites for hydroxylation is 3. The largest absolute Gasteiger partial charge is 0.465 e. The molecule has 0 spiro atoms. The van der Waals surface area contributed by atoms with Gasteiger partial charge in [-0.05, 0) is 81.9 Å². The highest BCUT2D eigenvalue weighted by atomic mass is 35.5. The standard InChI is InChI=1S/C25H30N2O4.ClH/c1-15-7-9-27(10-8-15)19(21-6-5-18(4)30-21)14-26-25(29)23-13-20(28)24-17(3)11-16(2)12-22(24)31-23;/h5-6,11-13,15,19H,7-10,14H2,1-4H3,(H,26,29);1H. The summed E-state index contributed by atoms with van der Waals surface area (Å²) >= 11 is 0. The van der Waals surface area contributed by atoms with Gasteiger partial charge in [-0.3, -0.25) is 14.5 Å². The van der Waals surface area contributed by atoms with Crippen LogP contribution in [0, 0.1) is 26.7 Å². The van der Waals surface area contributed by atoms with Crippen LogP contribution >= 0.6 is 12.4 Å². The fraction of sp³-hybridized carbons (Fsp3) is 0.440. The Morgan fingerprint density at radius 1 is 1.12 bits per heavy atom. The molecule has 1 fully saturated rings. The summed E-state index contributed by atoms with van der Waals surface area (Å²) in [5.41, 5.74) is 2.08. The lowest BCUT2D eigenvalue weighted by Crippen LogP contribution is -2.41. The summed E-state index contributed by atoms with van der Waals surface area (Å²) in [6.45, 7) is 10.3. The van der Waals surface area contributed by atoms with Crippen LogP contribution in [0.2, 0.25) is 0 Å². The van der Waals surface area contributed by atoms with E-state index in [1.807, 2.05) is 39.0 Å². The lowest BCUT2D eigenvalue weighted by Gasteiger charge is -2.35. The van der Waals surface area contributed by atoms with Crippen molar-refractivity contribution in [3.05, 3.63) is 69.0 Å². The van der Waals surface area contributed by atoms with Gasteiger partial charge in [0.25, 0.3) is 5.91 Å². The highest BCUT2D eigenvalue weighted by Crippen LogP contribution is 2.28. The van der Waals surface area contributed by atoms with E-state index in [4.69, 9.17) is 8.83 Å². The van der Waals surface area contributed by atoms with Gasteiger partial charge in [0.15, 0.2) is 11.2 Å². The topological polar surface area (TPSA) is 75.7 Å². The SMILES string of the molecule is Cc1cc(C)c2c(=O)cc(C(=O)NCC(c3ccc(C)o3)N3CCC(C)CC3)oc2c1.Cl. The van der Waals surface area contributed by atoms with Gasteiger partial charge in [0.1, 0.15) is 17.1 Å². The van der Waals surface area contributed by atoms with Gasteiger partial charge in [0.05, 0.1) is 11.4 Å². The molecule has 0 radical (unpaired) electrons. The molecule has 0 bridgehead atoms. The molecule has 1 saturated heterocycles. The van der Waals surface area contributed by atoms with E-state index in [0.29, 0.717) is 23.4 Å². The van der Waals surface area contributed by atoms with Crippen molar-refractivity contribution < 1.29 is 13.6 Å². The van der Waals surface area contributed by atoms with E-state index in [0.717, 1.165) is 48.6 Å². The van der Waals surface area contributed by atoms with E-state index in [2.05, 4.69) is 17.1 Å². The van der Waals surface area contributed by atoms with Gasteiger partial charge in [-0.25, -0.2) is 0 Å². The third-order valence-electron chi connectivity index (χ3n) is 6.20. The van der Waals surface area contributed by atoms with Crippen LogP contribution in [0.1, 0.15) is 59.0 Å². The van der Waals surface area contributed by atoms with E-state index in [1.54, 1.807) is 6.07 Å². The Balaban J connectivity index is 0.00000289. The molecule has 0 aliphatic carbocycles. The van der Waals surface area contributed by atoms with Crippen LogP contribution in [-0.2, 0) is 0 Å². The smallest absolute Gasteiger partial charge is 0.287 e. The second kappa shape index (κ2) is 9.92. The van der Waals surface area contributed by atoms with Gasteiger partial charge in [0, 0.05) is 12.6 Å². The van der Waals surface area contributed by atoms with Gasteiger partial charge < -0.3 is 14.2 Å². The monoisotopic (exact) mass is 458 g/mol. The average molecular weight is 459 g/mol. The summed E-state index contributed by atoms with van der Waals surface area (Å²) in [6, 6.07) is 8.89. The summed E-state index contributed by atoms with van der Waals surface area (Å²) in [5, 5.41) is 3.48. The summed E-state index contributed by atoms with van der Waals surface area (Å²) in [5.74, 6) is 2.05. The minimum atomic E-state index is -0.392. The Morgan fingerprint density at radius 2 is 1.84 bits per heavy atom. The van der Waals surface area contributed by atoms with Crippen LogP contribution in [0.15, 0.2) is 44.0 Å². The Morgan fingerprint density at radius 3 is 2.50 bits per heavy atom. The van der Waals surface area contributed by atoms with E-state index in [9.17, 15) is 9.59 Å². The Hall–Kier alpha value is -2.57. The quantitative estimate of drug-likeness (QED) is 0.586. The first-order chi connectivity index (χ1) is 14.8. The number of benzene rings is 1. The molecule has 3 heterocycles. The summed E-state index contributed by atoms with van der Waals surface area (Å²) in [6.07, 6.45) is 2.25. The molecular weight excluding hydrogens is 428 g/mol. The Labute approximate surface area is 194 Å². The van der Waals surface area contributed by atoms with Gasteiger partial charge in [-0.2, -0.15) is 0 Å². The number of rotatable bonds is 5. The molecule has 1 aromatic carbocycles. The summed E-state index contributed by atoms with van der Waals surface area (Å²) < 4.78 is 11.7. The number of likely N-dealkylation sites (tertiary alicyclic amines) is 1. The molecule has 3 aromatic rings. The minimum absolute atomic E-state index is 0. The molecule has 6 nitrogen and oxygen atoms in total. The van der Waals surface area contributed by atoms with Crippen molar-refractivity contribution in [2.45, 2.75) is 46.6 Å². The fourth-order valence-corrected chi connectivity index (χ4v) is 4.43. The highest BCUT2D eigenvalue weighted by molar-refractivity contribution is 5.93. The van der Waals surface area contributed by atoms with Crippen molar-refractivity contribution in [3.8, 4) is 0 Å². The molecule has 0 saturated carbocycles. The van der Waals surface area contributed by atoms with Crippen molar-refractivity contribution in [1.82, 2.24) is 10.2 Å². The number of nitrogens with zero attached hydrogens (tertiary/aromatic N) is 1. The lowest BCUT2D eigenvalue weighted by molar-refractivity contribution is 0.0870. The number of fused-ring (bicyclic) bond motifs is 1. The summed E-state index contributed by atoms with van der Waals surface area (Å²) in [7, 11) is 0. The molecular formula is C25H31ClN2O4. The van der Waals surface area contributed by atoms with Crippen LogP contribution in [-0.4, -0.2) is 30.4 Å². The molecule has 1 aliphatic heterocycles. The first-order valence-electron chi connectivity index (χ1n) is 11.0. The maximum Gasteiger partial charge on any atom is 0.287 e. The number of amides is 1. The minimum Gasteiger partial charge on any atom is -0.465 e. The molecule has 1 amide bonds. The maximum atomic E-state index is 12.9. The predicted octanol–water partition coefficient (Wildman–Crippen LogP) is 4.94. The molecule has 7 heteroatoms. The van der Waals surface area contributed by atoms with Crippen LogP contribution < -0.4 is 10.7 Å². The zero-order chi connectivity index (χ0) is 22.1. The zero-order valence-electron chi connectivity index (χ0n) is 19.1. The number of furan rings is 1. The lowest BCUT2D eigenvalue weighted by atomic mass is 9.97. The molecule has 4 rings (SSSR count). The highest BCUT2D eigenvalue weighted by Gasteiger charge is 2.27. The fourth-order valence-electron chi connectivity index (χ4n) is 4.43. The number of nitrogens with one attached hydrogen (secondary N) is 1. The third kappa shape index (κ3) is 5.08. The number of hydrogen-bond donors (Lipinski definition) is 1. The van der Waals surface area contributed by atoms with Crippen LogP contribution in [0.3, 0.4) is 0 Å². The van der Waals surface area contributed by atoms with Crippen molar-refractivity contribution in [3.63, 3.8) is 0 Å². The number of carbonyl (C=O) groups excluding carboxylic acids is 1. The van der Waals surface area contributed by atoms with E-state index in [1.165, 1.54) is 6.07 Å². The number of piperidine rings is 1. The second-order valence-electron chi connectivity index (χ2n) is 8.82. The first kappa shape index (κ1) is 24.1. The van der Waals surface area contributed by atoms with Crippen LogP contribution in [0.25, 0.3) is 11.0 Å². The van der Waals surface area contributed by atoms with Crippen molar-refractivity contribution in [2.75, 3.05) is 19.6 Å². The van der Waals surface area contributed by atoms with Gasteiger partial charge >= 0.3 is 0 Å². The van der Waals surface area contributed by atoms with E-state index in [-0.39, 0.29) is 29.6 Å². The molecule has 172 valence electrons. The second-order valence-corrected chi connectivity index (χ2v) is 8.82. The number of carbonyl (C=O) groups is 1. The Bertz CT molecular complexity index is 1160. The Kier molecular flexibility index (Phi) is 7.47. The number of halogens is 1. The van der Waals surface area contributed by atoms with Crippen molar-refractivity contribution in [1.29, 1.82) is 0 Å². The van der Waals surface area contributed by atoms with Crippen LogP contribution in [0.5, 0.6) is 0 Å². The van der Waals surface area contributed by atoms with Crippen molar-refractivity contribution >= 4 is 29.3 Å². The van der Waals surface area contributed by atoms with E-state index < -0.39 is 5.91 Å². The normalized spacial score (nSPS) is 16.0. The van der Waals surface area contributed by atoms with Gasteiger partial charge in [-0.1, -0.05) is 13.0 Å². The third-order valence-corrected chi connectivity index (χ3v) is 6.20. The zero-order valence-corrected chi connectivity index (χ0v) is 19.9. The van der Waals surface area contributed by atoms with Crippen LogP contribution in [0.4, 0.5) is 0 Å². The molecule has 2 aromatic heterocycles. The average Bonchev–Trinajstić information content (AvgIpc) is 3.14.